The van der Waals surface area contributed by atoms with Crippen molar-refractivity contribution in [1.29, 1.82) is 0 Å². The Bertz CT molecular complexity index is 1070. The van der Waals surface area contributed by atoms with Gasteiger partial charge in [-0.1, -0.05) is 36.4 Å². The number of carbonyl (C=O) groups excluding carboxylic acids is 1. The molecule has 1 atom stereocenters. The molecule has 7 heteroatoms. The van der Waals surface area contributed by atoms with Crippen LogP contribution in [0.3, 0.4) is 0 Å². The minimum Gasteiger partial charge on any atom is -0.344 e. The number of rotatable bonds is 5. The molecule has 0 spiro atoms. The largest absolute Gasteiger partial charge is 0.344 e. The van der Waals surface area contributed by atoms with Crippen LogP contribution in [0.5, 0.6) is 0 Å². The topological polar surface area (TPSA) is 80.5 Å². The molecule has 3 aromatic rings. The van der Waals surface area contributed by atoms with Gasteiger partial charge in [-0.3, -0.25) is 9.20 Å². The van der Waals surface area contributed by atoms with Crippen molar-refractivity contribution in [3.8, 4) is 0 Å². The molecule has 1 N–H and O–H groups in total. The van der Waals surface area contributed by atoms with Crippen LogP contribution < -0.4 is 5.32 Å². The Balaban J connectivity index is 1.72. The van der Waals surface area contributed by atoms with Crippen molar-refractivity contribution in [1.82, 2.24) is 14.7 Å². The molecular weight excluding hydrogens is 350 g/mol. The van der Waals surface area contributed by atoms with E-state index in [1.54, 1.807) is 24.4 Å². The molecule has 1 amide bonds. The van der Waals surface area contributed by atoms with Gasteiger partial charge in [0.1, 0.15) is 0 Å². The van der Waals surface area contributed by atoms with Crippen molar-refractivity contribution in [2.45, 2.75) is 24.0 Å². The first-order valence-corrected chi connectivity index (χ1v) is 10.4. The lowest BCUT2D eigenvalue weighted by Gasteiger charge is -2.18. The first-order valence-electron chi connectivity index (χ1n) is 8.48. The number of hydrogen-bond donors (Lipinski definition) is 1. The van der Waals surface area contributed by atoms with E-state index in [1.807, 2.05) is 30.3 Å². The Hall–Kier alpha value is -2.67. The highest BCUT2D eigenvalue weighted by Crippen LogP contribution is 2.41. The van der Waals surface area contributed by atoms with Crippen LogP contribution in [0.15, 0.2) is 59.9 Å². The molecule has 134 valence electrons. The fourth-order valence-corrected chi connectivity index (χ4v) is 3.98. The van der Waals surface area contributed by atoms with Crippen LogP contribution in [0.1, 0.15) is 34.9 Å². The maximum atomic E-state index is 12.9. The summed E-state index contributed by atoms with van der Waals surface area (Å²) in [5, 5.41) is 2.93. The normalized spacial score (nSPS) is 15.7. The number of amides is 1. The van der Waals surface area contributed by atoms with Crippen LogP contribution in [0, 0.1) is 5.92 Å². The van der Waals surface area contributed by atoms with Gasteiger partial charge in [-0.05, 0) is 36.5 Å². The number of aromatic nitrogens is 2. The predicted octanol–water partition coefficient (Wildman–Crippen LogP) is 2.62. The van der Waals surface area contributed by atoms with E-state index in [2.05, 4.69) is 10.3 Å². The number of carbonyl (C=O) groups is 1. The third-order valence-electron chi connectivity index (χ3n) is 4.60. The molecule has 1 aliphatic carbocycles. The van der Waals surface area contributed by atoms with E-state index in [1.165, 1.54) is 4.40 Å². The Morgan fingerprint density at radius 2 is 1.85 bits per heavy atom. The van der Waals surface area contributed by atoms with E-state index < -0.39 is 9.84 Å². The monoisotopic (exact) mass is 369 g/mol. The second-order valence-corrected chi connectivity index (χ2v) is 8.58. The smallest absolute Gasteiger partial charge is 0.272 e. The van der Waals surface area contributed by atoms with Crippen molar-refractivity contribution in [2.75, 3.05) is 6.26 Å². The van der Waals surface area contributed by atoms with Crippen molar-refractivity contribution in [3.05, 3.63) is 66.0 Å². The van der Waals surface area contributed by atoms with Gasteiger partial charge in [-0.2, -0.15) is 0 Å². The van der Waals surface area contributed by atoms with Gasteiger partial charge in [0.2, 0.25) is 15.0 Å². The molecule has 4 rings (SSSR count). The fourth-order valence-electron chi connectivity index (χ4n) is 3.21. The number of benzene rings is 1. The molecule has 2 aromatic heterocycles. The third kappa shape index (κ3) is 3.10. The lowest BCUT2D eigenvalue weighted by Crippen LogP contribution is -2.30. The van der Waals surface area contributed by atoms with Gasteiger partial charge >= 0.3 is 0 Å². The van der Waals surface area contributed by atoms with Crippen LogP contribution in [-0.4, -0.2) is 30.0 Å². The Kier molecular flexibility index (Phi) is 4.03. The van der Waals surface area contributed by atoms with E-state index in [0.717, 1.165) is 24.7 Å². The van der Waals surface area contributed by atoms with Crippen LogP contribution in [-0.2, 0) is 9.84 Å². The van der Waals surface area contributed by atoms with Crippen molar-refractivity contribution in [3.63, 3.8) is 0 Å². The Morgan fingerprint density at radius 1 is 1.15 bits per heavy atom. The molecule has 0 bridgehead atoms. The lowest BCUT2D eigenvalue weighted by molar-refractivity contribution is 0.0928. The standard InChI is InChI=1S/C19H19N3O3S/c1-26(24,25)19-21-17(15-9-5-6-12-22(15)19)18(23)20-16(14-10-11-14)13-7-3-2-4-8-13/h2-9,12,14,16H,10-11H2,1H3,(H,20,23)/t16-/m0/s1. The minimum absolute atomic E-state index is 0.0918. The van der Waals surface area contributed by atoms with E-state index in [0.29, 0.717) is 11.4 Å². The summed E-state index contributed by atoms with van der Waals surface area (Å²) in [6.45, 7) is 0. The van der Waals surface area contributed by atoms with Gasteiger partial charge in [0.05, 0.1) is 11.6 Å². The fraction of sp³-hybridized carbons (Fsp3) is 0.263. The molecule has 0 radical (unpaired) electrons. The zero-order valence-corrected chi connectivity index (χ0v) is 15.1. The summed E-state index contributed by atoms with van der Waals surface area (Å²) in [4.78, 5) is 17.1. The lowest BCUT2D eigenvalue weighted by atomic mass is 10.0. The van der Waals surface area contributed by atoms with Gasteiger partial charge in [-0.25, -0.2) is 13.4 Å². The van der Waals surface area contributed by atoms with Crippen LogP contribution in [0.2, 0.25) is 0 Å². The summed E-state index contributed by atoms with van der Waals surface area (Å²) in [6, 6.07) is 14.9. The quantitative estimate of drug-likeness (QED) is 0.750. The van der Waals surface area contributed by atoms with Gasteiger partial charge in [-0.15, -0.1) is 0 Å². The highest BCUT2D eigenvalue weighted by Gasteiger charge is 2.34. The molecule has 26 heavy (non-hydrogen) atoms. The third-order valence-corrected chi connectivity index (χ3v) is 5.55. The van der Waals surface area contributed by atoms with Crippen LogP contribution in [0.4, 0.5) is 0 Å². The number of imidazole rings is 1. The maximum Gasteiger partial charge on any atom is 0.272 e. The first kappa shape index (κ1) is 16.8. The van der Waals surface area contributed by atoms with Gasteiger partial charge in [0.15, 0.2) is 5.69 Å². The average molecular weight is 369 g/mol. The minimum atomic E-state index is -3.55. The predicted molar refractivity (Wildman–Crippen MR) is 97.7 cm³/mol. The molecule has 0 aliphatic heterocycles. The van der Waals surface area contributed by atoms with Gasteiger partial charge in [0.25, 0.3) is 5.91 Å². The zero-order chi connectivity index (χ0) is 18.3. The number of sulfone groups is 1. The molecule has 1 saturated carbocycles. The highest BCUT2D eigenvalue weighted by molar-refractivity contribution is 7.90. The molecule has 0 unspecified atom stereocenters. The van der Waals surface area contributed by atoms with Crippen molar-refractivity contribution < 1.29 is 13.2 Å². The number of nitrogens with zero attached hydrogens (tertiary/aromatic N) is 2. The zero-order valence-electron chi connectivity index (χ0n) is 14.3. The highest BCUT2D eigenvalue weighted by atomic mass is 32.2. The van der Waals surface area contributed by atoms with Crippen LogP contribution in [0.25, 0.3) is 5.52 Å². The molecular formula is C19H19N3O3S. The van der Waals surface area contributed by atoms with Crippen molar-refractivity contribution >= 4 is 21.3 Å². The molecule has 1 aliphatic rings. The summed E-state index contributed by atoms with van der Waals surface area (Å²) in [5.74, 6) is 0.0500. The van der Waals surface area contributed by atoms with Crippen LogP contribution >= 0.6 is 0 Å². The SMILES string of the molecule is CS(=O)(=O)c1nc(C(=O)N[C@@H](c2ccccc2)C2CC2)c2ccccn12. The van der Waals surface area contributed by atoms with E-state index in [9.17, 15) is 13.2 Å². The average Bonchev–Trinajstić information content (AvgIpc) is 3.38. The van der Waals surface area contributed by atoms with Crippen molar-refractivity contribution in [2.24, 2.45) is 5.92 Å². The summed E-state index contributed by atoms with van der Waals surface area (Å²) in [7, 11) is -3.55. The number of hydrogen-bond acceptors (Lipinski definition) is 4. The molecule has 2 heterocycles. The van der Waals surface area contributed by atoms with Gasteiger partial charge in [0, 0.05) is 12.5 Å². The first-order chi connectivity index (χ1) is 12.4. The summed E-state index contributed by atoms with van der Waals surface area (Å²) >= 11 is 0. The molecule has 1 aromatic carbocycles. The molecule has 0 saturated heterocycles. The van der Waals surface area contributed by atoms with E-state index >= 15 is 0 Å². The second-order valence-electron chi connectivity index (χ2n) is 6.67. The number of nitrogens with one attached hydrogen (secondary N) is 1. The molecule has 6 nitrogen and oxygen atoms in total. The summed E-state index contributed by atoms with van der Waals surface area (Å²) in [5.41, 5.74) is 1.66. The Morgan fingerprint density at radius 3 is 2.50 bits per heavy atom. The van der Waals surface area contributed by atoms with Gasteiger partial charge < -0.3 is 5.32 Å². The number of pyridine rings is 1. The Labute approximate surface area is 151 Å². The second kappa shape index (κ2) is 6.25. The van der Waals surface area contributed by atoms with E-state index in [-0.39, 0.29) is 22.8 Å². The van der Waals surface area contributed by atoms with E-state index in [4.69, 9.17) is 0 Å². The summed E-state index contributed by atoms with van der Waals surface area (Å²) < 4.78 is 25.5. The maximum absolute atomic E-state index is 12.9. The summed E-state index contributed by atoms with van der Waals surface area (Å²) in [6.07, 6.45) is 4.83. The number of fused-ring (bicyclic) bond motifs is 1. The molecule has 1 fully saturated rings.